The highest BCUT2D eigenvalue weighted by Gasteiger charge is 2.25. The third-order valence-electron chi connectivity index (χ3n) is 4.49. The van der Waals surface area contributed by atoms with Gasteiger partial charge in [0.25, 0.3) is 0 Å². The molecule has 0 spiro atoms. The highest BCUT2D eigenvalue weighted by atomic mass is 79.9. The molecule has 1 fully saturated rings. The van der Waals surface area contributed by atoms with Crippen molar-refractivity contribution >= 4 is 39.1 Å². The Morgan fingerprint density at radius 2 is 2.12 bits per heavy atom. The number of carbonyl (C=O) groups excluding carboxylic acids is 2. The average molecular weight is 417 g/mol. The van der Waals surface area contributed by atoms with Gasteiger partial charge in [0.1, 0.15) is 0 Å². The van der Waals surface area contributed by atoms with Crippen molar-refractivity contribution in [3.8, 4) is 0 Å². The average Bonchev–Trinajstić information content (AvgIpc) is 3.04. The molecule has 2 rings (SSSR count). The van der Waals surface area contributed by atoms with Gasteiger partial charge in [0.05, 0.1) is 22.7 Å². The smallest absolute Gasteiger partial charge is 0.308 e. The maximum atomic E-state index is 12.2. The summed E-state index contributed by atoms with van der Waals surface area (Å²) >= 11 is 5.03. The monoisotopic (exact) mass is 416 g/mol. The number of likely N-dealkylation sites (tertiary alicyclic amines) is 1. The van der Waals surface area contributed by atoms with Crippen LogP contribution in [0.5, 0.6) is 0 Å². The molecule has 2 heterocycles. The Hall–Kier alpha value is -0.920. The molecule has 0 aromatic carbocycles. The summed E-state index contributed by atoms with van der Waals surface area (Å²) in [5.41, 5.74) is 0. The second kappa shape index (κ2) is 9.53. The van der Waals surface area contributed by atoms with Crippen LogP contribution in [-0.4, -0.2) is 50.1 Å². The van der Waals surface area contributed by atoms with E-state index in [-0.39, 0.29) is 23.7 Å². The fourth-order valence-corrected chi connectivity index (χ4v) is 4.39. The van der Waals surface area contributed by atoms with Crippen molar-refractivity contribution in [2.75, 3.05) is 33.3 Å². The Balaban J connectivity index is 1.61. The van der Waals surface area contributed by atoms with Gasteiger partial charge in [-0.1, -0.05) is 0 Å². The number of nitrogens with one attached hydrogen (secondary N) is 1. The van der Waals surface area contributed by atoms with Gasteiger partial charge < -0.3 is 15.0 Å². The maximum Gasteiger partial charge on any atom is 0.308 e. The summed E-state index contributed by atoms with van der Waals surface area (Å²) in [7, 11) is 1.45. The van der Waals surface area contributed by atoms with E-state index < -0.39 is 0 Å². The second-order valence-electron chi connectivity index (χ2n) is 6.15. The summed E-state index contributed by atoms with van der Waals surface area (Å²) < 4.78 is 5.85. The van der Waals surface area contributed by atoms with Gasteiger partial charge in [0.15, 0.2) is 0 Å². The Morgan fingerprint density at radius 3 is 2.71 bits per heavy atom. The lowest BCUT2D eigenvalue weighted by Gasteiger charge is -2.30. The van der Waals surface area contributed by atoms with E-state index in [0.717, 1.165) is 47.6 Å². The second-order valence-corrected chi connectivity index (χ2v) is 8.64. The molecule has 1 atom stereocenters. The van der Waals surface area contributed by atoms with Crippen LogP contribution in [-0.2, 0) is 14.3 Å². The summed E-state index contributed by atoms with van der Waals surface area (Å²) in [6.45, 7) is 5.42. The molecule has 0 radical (unpaired) electrons. The predicted molar refractivity (Wildman–Crippen MR) is 99.2 cm³/mol. The third kappa shape index (κ3) is 5.57. The molecule has 1 aliphatic rings. The van der Waals surface area contributed by atoms with Crippen molar-refractivity contribution in [2.24, 2.45) is 5.92 Å². The molecule has 1 N–H and O–H groups in total. The Morgan fingerprint density at radius 1 is 1.42 bits per heavy atom. The van der Waals surface area contributed by atoms with E-state index >= 15 is 0 Å². The van der Waals surface area contributed by atoms with E-state index in [1.807, 2.05) is 19.1 Å². The molecule has 1 unspecified atom stereocenters. The van der Waals surface area contributed by atoms with Crippen molar-refractivity contribution in [3.05, 3.63) is 20.8 Å². The number of amides is 1. The molecule has 0 aliphatic carbocycles. The molecule has 134 valence electrons. The lowest BCUT2D eigenvalue weighted by atomic mass is 9.97. The van der Waals surface area contributed by atoms with E-state index in [1.54, 1.807) is 11.3 Å². The van der Waals surface area contributed by atoms with Crippen LogP contribution in [0, 0.1) is 5.92 Å². The van der Waals surface area contributed by atoms with E-state index in [9.17, 15) is 9.59 Å². The highest BCUT2D eigenvalue weighted by molar-refractivity contribution is 9.11. The minimum Gasteiger partial charge on any atom is -0.469 e. The number of hydrogen-bond acceptors (Lipinski definition) is 5. The first-order valence-corrected chi connectivity index (χ1v) is 9.95. The van der Waals surface area contributed by atoms with Crippen LogP contribution in [0.4, 0.5) is 0 Å². The SMILES string of the molecule is COC(=O)C1CCN(CCCNC(=O)C(C)c2ccc(Br)s2)CC1. The summed E-state index contributed by atoms with van der Waals surface area (Å²) in [5.74, 6) is -0.0705. The van der Waals surface area contributed by atoms with Gasteiger partial charge in [-0.15, -0.1) is 11.3 Å². The predicted octanol–water partition coefficient (Wildman–Crippen LogP) is 3.01. The largest absolute Gasteiger partial charge is 0.469 e. The van der Waals surface area contributed by atoms with Crippen LogP contribution >= 0.6 is 27.3 Å². The molecule has 0 saturated carbocycles. The summed E-state index contributed by atoms with van der Waals surface area (Å²) in [6.07, 6.45) is 2.65. The van der Waals surface area contributed by atoms with E-state index in [4.69, 9.17) is 4.74 Å². The molecule has 1 amide bonds. The van der Waals surface area contributed by atoms with Gasteiger partial charge in [-0.05, 0) is 73.9 Å². The van der Waals surface area contributed by atoms with Crippen molar-refractivity contribution < 1.29 is 14.3 Å². The van der Waals surface area contributed by atoms with Gasteiger partial charge in [-0.25, -0.2) is 0 Å². The number of ether oxygens (including phenoxy) is 1. The van der Waals surface area contributed by atoms with E-state index in [1.165, 1.54) is 7.11 Å². The summed E-state index contributed by atoms with van der Waals surface area (Å²) in [5, 5.41) is 3.02. The van der Waals surface area contributed by atoms with Crippen molar-refractivity contribution in [1.82, 2.24) is 10.2 Å². The van der Waals surface area contributed by atoms with Gasteiger partial charge in [-0.3, -0.25) is 9.59 Å². The van der Waals surface area contributed by atoms with Crippen LogP contribution in [0.2, 0.25) is 0 Å². The zero-order valence-electron chi connectivity index (χ0n) is 14.2. The van der Waals surface area contributed by atoms with Gasteiger partial charge in [-0.2, -0.15) is 0 Å². The summed E-state index contributed by atoms with van der Waals surface area (Å²) in [6, 6.07) is 3.96. The standard InChI is InChI=1S/C17H25BrN2O3S/c1-12(14-4-5-15(18)24-14)16(21)19-8-3-9-20-10-6-13(7-11-20)17(22)23-2/h4-5,12-13H,3,6-11H2,1-2H3,(H,19,21). The van der Waals surface area contributed by atoms with Crippen LogP contribution in [0.3, 0.4) is 0 Å². The molecule has 1 aromatic rings. The maximum absolute atomic E-state index is 12.2. The molecule has 0 bridgehead atoms. The van der Waals surface area contributed by atoms with Crippen molar-refractivity contribution in [3.63, 3.8) is 0 Å². The number of halogens is 1. The van der Waals surface area contributed by atoms with Gasteiger partial charge in [0, 0.05) is 11.4 Å². The number of carbonyl (C=O) groups is 2. The van der Waals surface area contributed by atoms with Crippen molar-refractivity contribution in [1.29, 1.82) is 0 Å². The van der Waals surface area contributed by atoms with Crippen LogP contribution in [0.1, 0.15) is 37.0 Å². The lowest BCUT2D eigenvalue weighted by Crippen LogP contribution is -2.38. The Kier molecular flexibility index (Phi) is 7.71. The van der Waals surface area contributed by atoms with E-state index in [0.29, 0.717) is 6.54 Å². The number of nitrogens with zero attached hydrogens (tertiary/aromatic N) is 1. The molecule has 7 heteroatoms. The fraction of sp³-hybridized carbons (Fsp3) is 0.647. The fourth-order valence-electron chi connectivity index (χ4n) is 2.92. The van der Waals surface area contributed by atoms with Crippen LogP contribution in [0.25, 0.3) is 0 Å². The molecular formula is C17H25BrN2O3S. The number of rotatable bonds is 7. The zero-order valence-corrected chi connectivity index (χ0v) is 16.6. The molecule has 24 heavy (non-hydrogen) atoms. The first-order chi connectivity index (χ1) is 11.5. The number of methoxy groups -OCH3 is 1. The normalized spacial score (nSPS) is 17.5. The number of piperidine rings is 1. The minimum absolute atomic E-state index is 0.0527. The minimum atomic E-state index is -0.114. The lowest BCUT2D eigenvalue weighted by molar-refractivity contribution is -0.147. The quantitative estimate of drug-likeness (QED) is 0.548. The Labute approximate surface area is 155 Å². The highest BCUT2D eigenvalue weighted by Crippen LogP contribution is 2.28. The van der Waals surface area contributed by atoms with E-state index in [2.05, 4.69) is 26.1 Å². The molecule has 1 aliphatic heterocycles. The van der Waals surface area contributed by atoms with Crippen molar-refractivity contribution in [2.45, 2.75) is 32.1 Å². The summed E-state index contributed by atoms with van der Waals surface area (Å²) in [4.78, 5) is 27.1. The number of thiophene rings is 1. The van der Waals surface area contributed by atoms with Gasteiger partial charge in [0.2, 0.25) is 5.91 Å². The topological polar surface area (TPSA) is 58.6 Å². The third-order valence-corrected chi connectivity index (χ3v) is 6.29. The molecule has 1 saturated heterocycles. The first-order valence-electron chi connectivity index (χ1n) is 8.34. The first kappa shape index (κ1) is 19.4. The number of hydrogen-bond donors (Lipinski definition) is 1. The van der Waals surface area contributed by atoms with Gasteiger partial charge >= 0.3 is 5.97 Å². The Bertz CT molecular complexity index is 556. The molecule has 5 nitrogen and oxygen atoms in total. The molecular weight excluding hydrogens is 392 g/mol. The number of esters is 1. The molecule has 1 aromatic heterocycles. The zero-order chi connectivity index (χ0) is 17.5. The van der Waals surface area contributed by atoms with Crippen LogP contribution < -0.4 is 5.32 Å². The van der Waals surface area contributed by atoms with Crippen LogP contribution in [0.15, 0.2) is 15.9 Å².